The molecule has 108 valence electrons. The molecule has 3 heteroatoms. The predicted molar refractivity (Wildman–Crippen MR) is 83.3 cm³/mol. The first-order chi connectivity index (χ1) is 10.3. The molecule has 0 bridgehead atoms. The monoisotopic (exact) mass is 279 g/mol. The number of benzene rings is 1. The Morgan fingerprint density at radius 3 is 2.62 bits per heavy atom. The zero-order valence-corrected chi connectivity index (χ0v) is 12.5. The molecule has 0 unspecified atom stereocenters. The lowest BCUT2D eigenvalue weighted by molar-refractivity contribution is 0.283. The smallest absolute Gasteiger partial charge is 0.139 e. The molecule has 0 atom stereocenters. The SMILES string of the molecule is Cc1nc(C2(c3ccccc3)CCC2)nc2c1CCNC2. The highest BCUT2D eigenvalue weighted by molar-refractivity contribution is 5.38. The van der Waals surface area contributed by atoms with Gasteiger partial charge in [0.15, 0.2) is 0 Å². The van der Waals surface area contributed by atoms with Gasteiger partial charge in [-0.05, 0) is 43.9 Å². The van der Waals surface area contributed by atoms with Crippen LogP contribution in [0.5, 0.6) is 0 Å². The fourth-order valence-corrected chi connectivity index (χ4v) is 3.69. The van der Waals surface area contributed by atoms with Gasteiger partial charge in [-0.3, -0.25) is 0 Å². The average Bonchev–Trinajstić information content (AvgIpc) is 2.47. The second-order valence-electron chi connectivity index (χ2n) is 6.29. The molecule has 2 aliphatic rings. The molecular formula is C18H21N3. The van der Waals surface area contributed by atoms with Gasteiger partial charge >= 0.3 is 0 Å². The fourth-order valence-electron chi connectivity index (χ4n) is 3.69. The van der Waals surface area contributed by atoms with Crippen molar-refractivity contribution in [1.29, 1.82) is 0 Å². The Morgan fingerprint density at radius 2 is 1.90 bits per heavy atom. The second-order valence-corrected chi connectivity index (χ2v) is 6.29. The summed E-state index contributed by atoms with van der Waals surface area (Å²) < 4.78 is 0. The van der Waals surface area contributed by atoms with Crippen molar-refractivity contribution in [1.82, 2.24) is 15.3 Å². The number of rotatable bonds is 2. The maximum absolute atomic E-state index is 4.97. The minimum atomic E-state index is 0.0541. The van der Waals surface area contributed by atoms with Crippen LogP contribution >= 0.6 is 0 Å². The van der Waals surface area contributed by atoms with E-state index >= 15 is 0 Å². The van der Waals surface area contributed by atoms with Gasteiger partial charge in [-0.15, -0.1) is 0 Å². The Bertz CT molecular complexity index is 660. The Hall–Kier alpha value is -1.74. The van der Waals surface area contributed by atoms with E-state index in [0.717, 1.165) is 25.3 Å². The number of hydrogen-bond acceptors (Lipinski definition) is 3. The highest BCUT2D eigenvalue weighted by Crippen LogP contribution is 2.47. The maximum Gasteiger partial charge on any atom is 0.139 e. The highest BCUT2D eigenvalue weighted by atomic mass is 15.0. The van der Waals surface area contributed by atoms with E-state index in [2.05, 4.69) is 42.6 Å². The van der Waals surface area contributed by atoms with Gasteiger partial charge in [0.2, 0.25) is 0 Å². The summed E-state index contributed by atoms with van der Waals surface area (Å²) in [5.74, 6) is 1.04. The van der Waals surface area contributed by atoms with E-state index in [1.54, 1.807) is 0 Å². The third-order valence-corrected chi connectivity index (χ3v) is 5.11. The zero-order chi connectivity index (χ0) is 14.3. The molecule has 21 heavy (non-hydrogen) atoms. The van der Waals surface area contributed by atoms with Crippen LogP contribution in [-0.4, -0.2) is 16.5 Å². The van der Waals surface area contributed by atoms with Crippen LogP contribution in [-0.2, 0) is 18.4 Å². The van der Waals surface area contributed by atoms with Crippen molar-refractivity contribution in [2.75, 3.05) is 6.54 Å². The van der Waals surface area contributed by atoms with Crippen molar-refractivity contribution < 1.29 is 0 Å². The maximum atomic E-state index is 4.97. The molecule has 0 spiro atoms. The van der Waals surface area contributed by atoms with E-state index in [1.165, 1.54) is 41.8 Å². The Balaban J connectivity index is 1.83. The summed E-state index contributed by atoms with van der Waals surface area (Å²) in [4.78, 5) is 9.89. The topological polar surface area (TPSA) is 37.8 Å². The van der Waals surface area contributed by atoms with Crippen LogP contribution in [0, 0.1) is 6.92 Å². The lowest BCUT2D eigenvalue weighted by Crippen LogP contribution is -2.39. The van der Waals surface area contributed by atoms with E-state index < -0.39 is 0 Å². The van der Waals surface area contributed by atoms with E-state index in [4.69, 9.17) is 9.97 Å². The largest absolute Gasteiger partial charge is 0.311 e. The molecule has 0 radical (unpaired) electrons. The van der Waals surface area contributed by atoms with E-state index in [-0.39, 0.29) is 5.41 Å². The number of nitrogens with one attached hydrogen (secondary N) is 1. The van der Waals surface area contributed by atoms with Gasteiger partial charge in [-0.1, -0.05) is 36.8 Å². The van der Waals surface area contributed by atoms with Crippen molar-refractivity contribution in [3.05, 3.63) is 58.7 Å². The number of aryl methyl sites for hydroxylation is 1. The molecule has 4 rings (SSSR count). The second kappa shape index (κ2) is 4.92. The van der Waals surface area contributed by atoms with Gasteiger partial charge in [0.25, 0.3) is 0 Å². The molecule has 1 fully saturated rings. The number of hydrogen-bond donors (Lipinski definition) is 1. The number of aromatic nitrogens is 2. The summed E-state index contributed by atoms with van der Waals surface area (Å²) >= 11 is 0. The predicted octanol–water partition coefficient (Wildman–Crippen LogP) is 2.90. The summed E-state index contributed by atoms with van der Waals surface area (Å²) in [6, 6.07) is 10.8. The van der Waals surface area contributed by atoms with Crippen molar-refractivity contribution in [2.24, 2.45) is 0 Å². The lowest BCUT2D eigenvalue weighted by Gasteiger charge is -2.41. The molecule has 1 saturated carbocycles. The standard InChI is InChI=1S/C18H21N3/c1-13-15-8-11-19-12-16(15)21-17(20-13)18(9-5-10-18)14-6-3-2-4-7-14/h2-4,6-7,19H,5,8-12H2,1H3. The van der Waals surface area contributed by atoms with Gasteiger partial charge in [-0.25, -0.2) is 9.97 Å². The molecule has 1 aliphatic carbocycles. The first-order valence-electron chi connectivity index (χ1n) is 7.93. The Labute approximate surface area is 125 Å². The van der Waals surface area contributed by atoms with Crippen LogP contribution in [0.1, 0.15) is 47.6 Å². The summed E-state index contributed by atoms with van der Waals surface area (Å²) in [6.45, 7) is 4.07. The van der Waals surface area contributed by atoms with Gasteiger partial charge in [0, 0.05) is 12.2 Å². The van der Waals surface area contributed by atoms with Crippen LogP contribution < -0.4 is 5.32 Å². The molecule has 1 N–H and O–H groups in total. The molecule has 1 aromatic heterocycles. The number of fused-ring (bicyclic) bond motifs is 1. The fraction of sp³-hybridized carbons (Fsp3) is 0.444. The molecule has 1 aromatic carbocycles. The van der Waals surface area contributed by atoms with Crippen molar-refractivity contribution in [3.63, 3.8) is 0 Å². The summed E-state index contributed by atoms with van der Waals surface area (Å²) in [5, 5.41) is 3.43. The van der Waals surface area contributed by atoms with Gasteiger partial charge < -0.3 is 5.32 Å². The average molecular weight is 279 g/mol. The van der Waals surface area contributed by atoms with Crippen molar-refractivity contribution in [2.45, 2.75) is 44.6 Å². The molecule has 3 nitrogen and oxygen atoms in total. The van der Waals surface area contributed by atoms with Crippen LogP contribution in [0.4, 0.5) is 0 Å². The normalized spacial score (nSPS) is 19.7. The minimum Gasteiger partial charge on any atom is -0.311 e. The number of nitrogens with zero attached hydrogens (tertiary/aromatic N) is 2. The highest BCUT2D eigenvalue weighted by Gasteiger charge is 2.43. The van der Waals surface area contributed by atoms with E-state index in [9.17, 15) is 0 Å². The van der Waals surface area contributed by atoms with E-state index in [1.807, 2.05) is 0 Å². The first-order valence-corrected chi connectivity index (χ1v) is 7.93. The van der Waals surface area contributed by atoms with Crippen LogP contribution in [0.2, 0.25) is 0 Å². The summed E-state index contributed by atoms with van der Waals surface area (Å²) in [7, 11) is 0. The summed E-state index contributed by atoms with van der Waals surface area (Å²) in [6.07, 6.45) is 4.66. The Morgan fingerprint density at radius 1 is 1.10 bits per heavy atom. The zero-order valence-electron chi connectivity index (χ0n) is 12.5. The lowest BCUT2D eigenvalue weighted by atomic mass is 9.63. The third kappa shape index (κ3) is 1.99. The molecule has 0 saturated heterocycles. The van der Waals surface area contributed by atoms with Crippen molar-refractivity contribution in [3.8, 4) is 0 Å². The molecule has 2 heterocycles. The minimum absolute atomic E-state index is 0.0541. The van der Waals surface area contributed by atoms with Crippen LogP contribution in [0.25, 0.3) is 0 Å². The molecule has 1 aliphatic heterocycles. The van der Waals surface area contributed by atoms with Crippen LogP contribution in [0.15, 0.2) is 30.3 Å². The van der Waals surface area contributed by atoms with Crippen molar-refractivity contribution >= 4 is 0 Å². The van der Waals surface area contributed by atoms with Gasteiger partial charge in [-0.2, -0.15) is 0 Å². The van der Waals surface area contributed by atoms with Gasteiger partial charge in [0.05, 0.1) is 11.1 Å². The van der Waals surface area contributed by atoms with E-state index in [0.29, 0.717) is 0 Å². The molecule has 2 aromatic rings. The molecular weight excluding hydrogens is 258 g/mol. The summed E-state index contributed by atoms with van der Waals surface area (Å²) in [5.41, 5.74) is 5.18. The third-order valence-electron chi connectivity index (χ3n) is 5.11. The quantitative estimate of drug-likeness (QED) is 0.918. The first kappa shape index (κ1) is 13.0. The Kier molecular flexibility index (Phi) is 3.03. The van der Waals surface area contributed by atoms with Gasteiger partial charge in [0.1, 0.15) is 5.82 Å². The van der Waals surface area contributed by atoms with Crippen LogP contribution in [0.3, 0.4) is 0 Å². The molecule has 0 amide bonds.